The highest BCUT2D eigenvalue weighted by Crippen LogP contribution is 2.22. The van der Waals surface area contributed by atoms with Gasteiger partial charge in [0.15, 0.2) is 0 Å². The first-order valence-corrected chi connectivity index (χ1v) is 8.05. The van der Waals surface area contributed by atoms with Gasteiger partial charge in [-0.05, 0) is 30.6 Å². The van der Waals surface area contributed by atoms with Crippen LogP contribution in [0.5, 0.6) is 0 Å². The number of ether oxygens (including phenoxy) is 1. The third-order valence-corrected chi connectivity index (χ3v) is 4.87. The van der Waals surface area contributed by atoms with Gasteiger partial charge in [-0.25, -0.2) is 13.7 Å². The van der Waals surface area contributed by atoms with Crippen LogP contribution in [0.1, 0.15) is 17.4 Å². The first-order chi connectivity index (χ1) is 10.6. The van der Waals surface area contributed by atoms with Crippen molar-refractivity contribution in [3.05, 3.63) is 45.7 Å². The smallest absolute Gasteiger partial charge is 0.381 e. The SMILES string of the molecule is CCOC(=O)C(=O)c1csc(-n2sc3ccccc3c2=O)n1. The van der Waals surface area contributed by atoms with E-state index in [0.29, 0.717) is 10.5 Å². The summed E-state index contributed by atoms with van der Waals surface area (Å²) in [7, 11) is 0. The average Bonchev–Trinajstić information content (AvgIpc) is 3.12. The molecular formula is C14H10N2O4S2. The zero-order valence-electron chi connectivity index (χ0n) is 11.4. The second-order valence-corrected chi connectivity index (χ2v) is 6.08. The van der Waals surface area contributed by atoms with E-state index in [1.165, 1.54) is 20.9 Å². The van der Waals surface area contributed by atoms with Gasteiger partial charge in [-0.2, -0.15) is 0 Å². The molecule has 0 bridgehead atoms. The molecule has 0 amide bonds. The molecule has 0 aliphatic rings. The zero-order valence-corrected chi connectivity index (χ0v) is 13.1. The number of fused-ring (bicyclic) bond motifs is 1. The van der Waals surface area contributed by atoms with Crippen LogP contribution in [0.3, 0.4) is 0 Å². The van der Waals surface area contributed by atoms with Crippen molar-refractivity contribution in [2.75, 3.05) is 6.61 Å². The molecular weight excluding hydrogens is 324 g/mol. The summed E-state index contributed by atoms with van der Waals surface area (Å²) in [5.74, 6) is -1.75. The predicted octanol–water partition coefficient (Wildman–Crippen LogP) is 2.25. The Morgan fingerprint density at radius 1 is 1.32 bits per heavy atom. The van der Waals surface area contributed by atoms with E-state index in [1.54, 1.807) is 19.1 Å². The third kappa shape index (κ3) is 2.46. The van der Waals surface area contributed by atoms with Crippen molar-refractivity contribution in [1.29, 1.82) is 0 Å². The summed E-state index contributed by atoms with van der Waals surface area (Å²) < 4.78 is 6.90. The Balaban J connectivity index is 1.99. The van der Waals surface area contributed by atoms with Crippen LogP contribution in [0.25, 0.3) is 15.2 Å². The molecule has 0 aliphatic heterocycles. The molecule has 22 heavy (non-hydrogen) atoms. The molecule has 0 saturated carbocycles. The molecule has 3 aromatic rings. The molecule has 0 N–H and O–H groups in total. The quantitative estimate of drug-likeness (QED) is 0.415. The van der Waals surface area contributed by atoms with Crippen molar-refractivity contribution in [1.82, 2.24) is 8.94 Å². The van der Waals surface area contributed by atoms with Crippen molar-refractivity contribution in [3.8, 4) is 5.13 Å². The Kier molecular flexibility index (Phi) is 3.86. The fourth-order valence-corrected chi connectivity index (χ4v) is 3.70. The fourth-order valence-electron chi connectivity index (χ4n) is 1.86. The maximum absolute atomic E-state index is 12.3. The van der Waals surface area contributed by atoms with Gasteiger partial charge in [0.2, 0.25) is 5.13 Å². The molecule has 0 spiro atoms. The molecule has 3 rings (SSSR count). The Hall–Kier alpha value is -2.32. The Bertz CT molecular complexity index is 922. The number of ketones is 1. The van der Waals surface area contributed by atoms with Gasteiger partial charge in [0.05, 0.1) is 16.7 Å². The summed E-state index contributed by atoms with van der Waals surface area (Å²) >= 11 is 2.37. The minimum absolute atomic E-state index is 0.0113. The summed E-state index contributed by atoms with van der Waals surface area (Å²) in [4.78, 5) is 39.6. The van der Waals surface area contributed by atoms with E-state index in [0.717, 1.165) is 16.0 Å². The molecule has 0 saturated heterocycles. The number of rotatable bonds is 4. The van der Waals surface area contributed by atoms with Crippen LogP contribution in [-0.2, 0) is 9.53 Å². The molecule has 8 heteroatoms. The van der Waals surface area contributed by atoms with Crippen molar-refractivity contribution in [2.45, 2.75) is 6.92 Å². The van der Waals surface area contributed by atoms with Crippen LogP contribution in [0.15, 0.2) is 34.4 Å². The molecule has 2 aromatic heterocycles. The molecule has 2 heterocycles. The lowest BCUT2D eigenvalue weighted by Gasteiger charge is -1.97. The highest BCUT2D eigenvalue weighted by atomic mass is 32.1. The lowest BCUT2D eigenvalue weighted by atomic mass is 10.3. The van der Waals surface area contributed by atoms with Gasteiger partial charge in [0, 0.05) is 5.38 Å². The highest BCUT2D eigenvalue weighted by Gasteiger charge is 2.22. The standard InChI is InChI=1S/C14H10N2O4S2/c1-2-20-13(19)11(17)9-7-21-14(15-9)16-12(18)8-5-3-4-6-10(8)22-16/h3-7H,2H2,1H3. The number of hydrogen-bond acceptors (Lipinski definition) is 7. The van der Waals surface area contributed by atoms with E-state index in [2.05, 4.69) is 9.72 Å². The second kappa shape index (κ2) is 5.82. The number of aromatic nitrogens is 2. The molecule has 0 unspecified atom stereocenters. The minimum atomic E-state index is -0.942. The summed E-state index contributed by atoms with van der Waals surface area (Å²) in [6.45, 7) is 1.74. The molecule has 0 fully saturated rings. The van der Waals surface area contributed by atoms with Gasteiger partial charge in [-0.3, -0.25) is 9.59 Å². The van der Waals surface area contributed by atoms with E-state index in [1.807, 2.05) is 12.1 Å². The molecule has 0 radical (unpaired) electrons. The topological polar surface area (TPSA) is 78.3 Å². The second-order valence-electron chi connectivity index (χ2n) is 4.25. The Morgan fingerprint density at radius 2 is 2.09 bits per heavy atom. The van der Waals surface area contributed by atoms with Gasteiger partial charge >= 0.3 is 5.97 Å². The first-order valence-electron chi connectivity index (χ1n) is 6.40. The first kappa shape index (κ1) is 14.6. The summed E-state index contributed by atoms with van der Waals surface area (Å²) in [6.07, 6.45) is 0. The minimum Gasteiger partial charge on any atom is -0.460 e. The zero-order chi connectivity index (χ0) is 15.7. The van der Waals surface area contributed by atoms with Gasteiger partial charge in [-0.1, -0.05) is 12.1 Å². The maximum Gasteiger partial charge on any atom is 0.381 e. The fraction of sp³-hybridized carbons (Fsp3) is 0.143. The van der Waals surface area contributed by atoms with E-state index in [-0.39, 0.29) is 17.9 Å². The van der Waals surface area contributed by atoms with Crippen molar-refractivity contribution in [3.63, 3.8) is 0 Å². The van der Waals surface area contributed by atoms with Crippen LogP contribution < -0.4 is 5.56 Å². The maximum atomic E-state index is 12.3. The van der Waals surface area contributed by atoms with E-state index < -0.39 is 11.8 Å². The van der Waals surface area contributed by atoms with Crippen LogP contribution in [0, 0.1) is 0 Å². The number of esters is 1. The third-order valence-electron chi connectivity index (χ3n) is 2.85. The van der Waals surface area contributed by atoms with Crippen LogP contribution in [-0.4, -0.2) is 27.3 Å². The number of carbonyl (C=O) groups excluding carboxylic acids is 2. The number of benzene rings is 1. The molecule has 0 aliphatic carbocycles. The molecule has 6 nitrogen and oxygen atoms in total. The summed E-state index contributed by atoms with van der Waals surface area (Å²) in [6, 6.07) is 7.22. The lowest BCUT2D eigenvalue weighted by Crippen LogP contribution is -2.18. The average molecular weight is 334 g/mol. The number of nitrogens with zero attached hydrogens (tertiary/aromatic N) is 2. The van der Waals surface area contributed by atoms with Crippen LogP contribution in [0.2, 0.25) is 0 Å². The normalized spacial score (nSPS) is 10.8. The van der Waals surface area contributed by atoms with Gasteiger partial charge < -0.3 is 4.74 Å². The van der Waals surface area contributed by atoms with E-state index in [9.17, 15) is 14.4 Å². The monoisotopic (exact) mass is 334 g/mol. The number of thiazole rings is 1. The predicted molar refractivity (Wildman–Crippen MR) is 84.1 cm³/mol. The van der Waals surface area contributed by atoms with E-state index in [4.69, 9.17) is 0 Å². The summed E-state index contributed by atoms with van der Waals surface area (Å²) in [5, 5.41) is 2.41. The molecule has 0 atom stereocenters. The van der Waals surface area contributed by atoms with Crippen LogP contribution in [0.4, 0.5) is 0 Å². The lowest BCUT2D eigenvalue weighted by molar-refractivity contribution is -0.137. The number of Topliss-reactive ketones (excluding diaryl/α,β-unsaturated/α-hetero) is 1. The Labute approximate surface area is 132 Å². The van der Waals surface area contributed by atoms with Crippen molar-refractivity contribution in [2.24, 2.45) is 0 Å². The largest absolute Gasteiger partial charge is 0.460 e. The highest BCUT2D eigenvalue weighted by molar-refractivity contribution is 7.17. The number of carbonyl (C=O) groups is 2. The van der Waals surface area contributed by atoms with Crippen molar-refractivity contribution >= 4 is 44.7 Å². The van der Waals surface area contributed by atoms with Gasteiger partial charge in [-0.15, -0.1) is 11.3 Å². The van der Waals surface area contributed by atoms with Crippen molar-refractivity contribution < 1.29 is 14.3 Å². The van der Waals surface area contributed by atoms with Gasteiger partial charge in [0.1, 0.15) is 5.69 Å². The van der Waals surface area contributed by atoms with Gasteiger partial charge in [0.25, 0.3) is 11.3 Å². The number of hydrogen-bond donors (Lipinski definition) is 0. The van der Waals surface area contributed by atoms with E-state index >= 15 is 0 Å². The molecule has 1 aromatic carbocycles. The Morgan fingerprint density at radius 3 is 2.82 bits per heavy atom. The van der Waals surface area contributed by atoms with Crippen LogP contribution >= 0.6 is 22.9 Å². The summed E-state index contributed by atoms with van der Waals surface area (Å²) in [5.41, 5.74) is -0.201. The molecule has 112 valence electrons.